The molecule has 5 N–H and O–H groups in total. The van der Waals surface area contributed by atoms with Gasteiger partial charge in [0, 0.05) is 25.2 Å². The van der Waals surface area contributed by atoms with E-state index >= 15 is 0 Å². The van der Waals surface area contributed by atoms with Gasteiger partial charge >= 0.3 is 0 Å². The summed E-state index contributed by atoms with van der Waals surface area (Å²) in [7, 11) is 0. The largest absolute Gasteiger partial charge is 0.344 e. The van der Waals surface area contributed by atoms with Crippen molar-refractivity contribution in [3.8, 4) is 0 Å². The topological polar surface area (TPSA) is 59.1 Å². The second kappa shape index (κ2) is 18.8. The Hall–Kier alpha value is -0.720. The van der Waals surface area contributed by atoms with Crippen LogP contribution in [0.1, 0.15) is 75.3 Å². The van der Waals surface area contributed by atoms with E-state index in [-0.39, 0.29) is 40.1 Å². The normalized spacial score (nSPS) is 16.5. The highest BCUT2D eigenvalue weighted by molar-refractivity contribution is 8.93. The minimum absolute atomic E-state index is 0. The van der Waals surface area contributed by atoms with Crippen LogP contribution in [0.4, 0.5) is 0 Å². The maximum absolute atomic E-state index is 3.64. The monoisotopic (exact) mass is 555 g/mol. The predicted octanol–water partition coefficient (Wildman–Crippen LogP) is 7.54. The molecule has 2 fully saturated rings. The van der Waals surface area contributed by atoms with Crippen LogP contribution in [-0.2, 0) is 13.1 Å². The quantitative estimate of drug-likeness (QED) is 0.344. The molecule has 4 rings (SSSR count). The summed E-state index contributed by atoms with van der Waals surface area (Å²) in [6, 6.07) is 22.9. The zero-order valence-electron chi connectivity index (χ0n) is 18.9. The lowest BCUT2D eigenvalue weighted by atomic mass is 9.95. The Labute approximate surface area is 211 Å². The second-order valence-electron chi connectivity index (χ2n) is 8.40. The van der Waals surface area contributed by atoms with Gasteiger partial charge in [0.1, 0.15) is 0 Å². The molecule has 5 heteroatoms. The van der Waals surface area contributed by atoms with Crippen LogP contribution in [0.2, 0.25) is 0 Å². The molecule has 0 spiro atoms. The van der Waals surface area contributed by atoms with Crippen molar-refractivity contribution in [3.63, 3.8) is 0 Å². The summed E-state index contributed by atoms with van der Waals surface area (Å²) < 4.78 is 0. The van der Waals surface area contributed by atoms with Crippen molar-refractivity contribution in [1.29, 1.82) is 0 Å². The summed E-state index contributed by atoms with van der Waals surface area (Å²) >= 11 is 0. The number of hydrogen-bond acceptors (Lipinski definition) is 3. The summed E-state index contributed by atoms with van der Waals surface area (Å²) in [5, 5.41) is 7.28. The Kier molecular flexibility index (Phi) is 18.4. The van der Waals surface area contributed by atoms with E-state index in [0.29, 0.717) is 0 Å². The van der Waals surface area contributed by atoms with E-state index in [1.165, 1.54) is 75.3 Å². The van der Waals surface area contributed by atoms with E-state index in [9.17, 15) is 0 Å². The highest BCUT2D eigenvalue weighted by Crippen LogP contribution is 2.18. The van der Waals surface area contributed by atoms with Gasteiger partial charge in [-0.1, -0.05) is 99.2 Å². The third-order valence-corrected chi connectivity index (χ3v) is 6.09. The molecule has 0 aliphatic heterocycles. The molecular formula is C26H43Br2N3. The van der Waals surface area contributed by atoms with Crippen molar-refractivity contribution in [1.82, 2.24) is 16.8 Å². The van der Waals surface area contributed by atoms with Gasteiger partial charge in [-0.3, -0.25) is 0 Å². The summed E-state index contributed by atoms with van der Waals surface area (Å²) in [5.74, 6) is 0. The fraction of sp³-hybridized carbons (Fsp3) is 0.538. The third-order valence-electron chi connectivity index (χ3n) is 6.09. The molecule has 0 radical (unpaired) electrons. The summed E-state index contributed by atoms with van der Waals surface area (Å²) in [6.45, 7) is 2.07. The van der Waals surface area contributed by atoms with Gasteiger partial charge in [0.2, 0.25) is 0 Å². The van der Waals surface area contributed by atoms with Gasteiger partial charge in [-0.15, -0.1) is 34.0 Å². The molecule has 0 aromatic heterocycles. The number of halogens is 2. The Morgan fingerprint density at radius 3 is 1.16 bits per heavy atom. The first-order chi connectivity index (χ1) is 13.9. The predicted molar refractivity (Wildman–Crippen MR) is 146 cm³/mol. The van der Waals surface area contributed by atoms with Gasteiger partial charge in [0.05, 0.1) is 0 Å². The van der Waals surface area contributed by atoms with Crippen molar-refractivity contribution in [3.05, 3.63) is 71.8 Å². The number of rotatable bonds is 6. The van der Waals surface area contributed by atoms with E-state index in [0.717, 1.165) is 25.2 Å². The SMILES string of the molecule is Br.Br.N.c1ccc(CNC2CCCCC2)cc1.c1ccc(CNC2CCCCC2)cc1. The van der Waals surface area contributed by atoms with Crippen LogP contribution in [0, 0.1) is 0 Å². The standard InChI is InChI=1S/2C13H19N.2BrH.H3N/c2*1-3-7-12(8-4-1)11-14-13-9-5-2-6-10-13;;;/h2*1,3-4,7-8,13-14H,2,5-6,9-11H2;2*1H;1H3. The maximum Gasteiger partial charge on any atom is 0.0208 e. The molecule has 2 saturated carbocycles. The lowest BCUT2D eigenvalue weighted by Crippen LogP contribution is -2.30. The molecule has 2 aromatic rings. The van der Waals surface area contributed by atoms with E-state index < -0.39 is 0 Å². The number of benzene rings is 2. The molecule has 2 aliphatic rings. The minimum Gasteiger partial charge on any atom is -0.344 e. The molecule has 31 heavy (non-hydrogen) atoms. The first-order valence-electron chi connectivity index (χ1n) is 11.4. The summed E-state index contributed by atoms with van der Waals surface area (Å²) in [4.78, 5) is 0. The second-order valence-corrected chi connectivity index (χ2v) is 8.40. The van der Waals surface area contributed by atoms with E-state index in [2.05, 4.69) is 71.3 Å². The van der Waals surface area contributed by atoms with Gasteiger partial charge in [0.25, 0.3) is 0 Å². The molecule has 0 bridgehead atoms. The zero-order chi connectivity index (χ0) is 19.3. The Bertz CT molecular complexity index is 570. The summed E-state index contributed by atoms with van der Waals surface area (Å²) in [6.07, 6.45) is 14.0. The van der Waals surface area contributed by atoms with Gasteiger partial charge < -0.3 is 16.8 Å². The van der Waals surface area contributed by atoms with E-state index in [1.807, 2.05) is 0 Å². The molecule has 0 saturated heterocycles. The van der Waals surface area contributed by atoms with Crippen LogP contribution in [0.25, 0.3) is 0 Å². The fourth-order valence-electron chi connectivity index (χ4n) is 4.33. The van der Waals surface area contributed by atoms with Crippen LogP contribution < -0.4 is 16.8 Å². The first-order valence-corrected chi connectivity index (χ1v) is 11.4. The lowest BCUT2D eigenvalue weighted by molar-refractivity contribution is 0.372. The molecule has 2 aliphatic carbocycles. The molecule has 0 unspecified atom stereocenters. The van der Waals surface area contributed by atoms with Crippen molar-refractivity contribution < 1.29 is 0 Å². The summed E-state index contributed by atoms with van der Waals surface area (Å²) in [5.41, 5.74) is 2.80. The van der Waals surface area contributed by atoms with Gasteiger partial charge in [-0.2, -0.15) is 0 Å². The van der Waals surface area contributed by atoms with Gasteiger partial charge in [-0.05, 0) is 36.8 Å². The first kappa shape index (κ1) is 30.3. The molecule has 2 aromatic carbocycles. The highest BCUT2D eigenvalue weighted by atomic mass is 79.9. The van der Waals surface area contributed by atoms with Crippen LogP contribution in [0.15, 0.2) is 60.7 Å². The molecule has 0 amide bonds. The molecule has 3 nitrogen and oxygen atoms in total. The average Bonchev–Trinajstić information content (AvgIpc) is 2.80. The van der Waals surface area contributed by atoms with E-state index in [1.54, 1.807) is 0 Å². The average molecular weight is 557 g/mol. The molecule has 0 heterocycles. The maximum atomic E-state index is 3.64. The van der Waals surface area contributed by atoms with Crippen molar-refractivity contribution in [2.75, 3.05) is 0 Å². The van der Waals surface area contributed by atoms with Gasteiger partial charge in [-0.25, -0.2) is 0 Å². The van der Waals surface area contributed by atoms with Crippen LogP contribution in [0.3, 0.4) is 0 Å². The fourth-order valence-corrected chi connectivity index (χ4v) is 4.33. The number of nitrogens with one attached hydrogen (secondary N) is 2. The van der Waals surface area contributed by atoms with Gasteiger partial charge in [0.15, 0.2) is 0 Å². The van der Waals surface area contributed by atoms with Crippen LogP contribution in [-0.4, -0.2) is 12.1 Å². The van der Waals surface area contributed by atoms with Crippen molar-refractivity contribution in [2.24, 2.45) is 0 Å². The van der Waals surface area contributed by atoms with Crippen molar-refractivity contribution >= 4 is 34.0 Å². The lowest BCUT2D eigenvalue weighted by Gasteiger charge is -2.22. The van der Waals surface area contributed by atoms with Crippen LogP contribution in [0.5, 0.6) is 0 Å². The zero-order valence-corrected chi connectivity index (χ0v) is 22.4. The smallest absolute Gasteiger partial charge is 0.0208 e. The Balaban J connectivity index is 0.000000529. The third kappa shape index (κ3) is 12.8. The van der Waals surface area contributed by atoms with E-state index in [4.69, 9.17) is 0 Å². The molecular weight excluding hydrogens is 514 g/mol. The Morgan fingerprint density at radius 1 is 0.516 bits per heavy atom. The van der Waals surface area contributed by atoms with Crippen molar-refractivity contribution in [2.45, 2.75) is 89.4 Å². The minimum atomic E-state index is 0. The van der Waals surface area contributed by atoms with Crippen LogP contribution >= 0.6 is 34.0 Å². The number of hydrogen-bond donors (Lipinski definition) is 3. The molecule has 176 valence electrons. The Morgan fingerprint density at radius 2 is 0.839 bits per heavy atom. The molecule has 0 atom stereocenters. The highest BCUT2D eigenvalue weighted by Gasteiger charge is 2.12.